The fourth-order valence-corrected chi connectivity index (χ4v) is 3.81. The van der Waals surface area contributed by atoms with Crippen LogP contribution in [0.15, 0.2) is 69.9 Å². The van der Waals surface area contributed by atoms with Crippen LogP contribution in [0.3, 0.4) is 0 Å². The monoisotopic (exact) mass is 604 g/mol. The maximum atomic E-state index is 12.6. The number of carbonyl (C=O) groups is 1. The van der Waals surface area contributed by atoms with Crippen LogP contribution in [0.5, 0.6) is 5.88 Å². The zero-order valence-electron chi connectivity index (χ0n) is 20.7. The van der Waals surface area contributed by atoms with Crippen molar-refractivity contribution < 1.29 is 43.2 Å². The summed E-state index contributed by atoms with van der Waals surface area (Å²) in [5.41, 5.74) is 1.03. The molecule has 0 saturated carbocycles. The number of pyridine rings is 2. The number of rotatable bonds is 12. The number of esters is 1. The molecular weight excluding hydrogens is 571 g/mol. The van der Waals surface area contributed by atoms with Crippen LogP contribution in [0.1, 0.15) is 67.8 Å². The minimum absolute atomic E-state index is 0. The van der Waals surface area contributed by atoms with E-state index < -0.39 is 17.4 Å². The van der Waals surface area contributed by atoms with Crippen LogP contribution >= 0.6 is 0 Å². The third kappa shape index (κ3) is 7.97. The number of hydrogen-bond acceptors (Lipinski definition) is 6. The van der Waals surface area contributed by atoms with Gasteiger partial charge in [0.2, 0.25) is 5.88 Å². The average Bonchev–Trinajstić information content (AvgIpc) is 2.86. The van der Waals surface area contributed by atoms with Gasteiger partial charge in [0.1, 0.15) is 5.69 Å². The van der Waals surface area contributed by atoms with E-state index in [9.17, 15) is 14.7 Å². The molecule has 0 radical (unpaired) electrons. The largest absolute Gasteiger partial charge is 1.00 e. The minimum atomic E-state index is -0.464. The first-order valence-corrected chi connectivity index (χ1v) is 12.1. The van der Waals surface area contributed by atoms with Crippen LogP contribution in [0.2, 0.25) is 0 Å². The van der Waals surface area contributed by atoms with Crippen molar-refractivity contribution >= 4 is 17.3 Å². The highest BCUT2D eigenvalue weighted by Crippen LogP contribution is 2.31. The molecule has 2 N–H and O–H groups in total. The van der Waals surface area contributed by atoms with Crippen LogP contribution in [0.4, 0.5) is 11.4 Å². The highest BCUT2D eigenvalue weighted by molar-refractivity contribution is 5.94. The number of H-pyrrole nitrogens is 1. The van der Waals surface area contributed by atoms with Gasteiger partial charge in [0.15, 0.2) is 18.1 Å². The second-order valence-electron chi connectivity index (χ2n) is 8.38. The molecule has 9 heteroatoms. The summed E-state index contributed by atoms with van der Waals surface area (Å²) in [6.45, 7) is 4.24. The van der Waals surface area contributed by atoms with Gasteiger partial charge in [0.05, 0.1) is 17.7 Å². The molecule has 0 aliphatic carbocycles. The van der Waals surface area contributed by atoms with Gasteiger partial charge < -0.3 is 33.8 Å². The molecule has 8 nitrogen and oxygen atoms in total. The van der Waals surface area contributed by atoms with Crippen molar-refractivity contribution in [1.82, 2.24) is 4.98 Å². The van der Waals surface area contributed by atoms with Crippen LogP contribution in [-0.4, -0.2) is 22.7 Å². The van der Waals surface area contributed by atoms with E-state index in [0.29, 0.717) is 29.1 Å². The average molecular weight is 604 g/mol. The SMILES string of the molecule is CCCCCCCCCOC(=O)c1ccccc1N=Nc1c(O)[nH]c(=O)c(-[n+]2ccccc2)c1C.[I-]. The smallest absolute Gasteiger partial charge is 0.340 e. The molecule has 36 heavy (non-hydrogen) atoms. The summed E-state index contributed by atoms with van der Waals surface area (Å²) in [4.78, 5) is 27.5. The number of aromatic amines is 1. The van der Waals surface area contributed by atoms with Gasteiger partial charge in [-0.1, -0.05) is 63.6 Å². The predicted molar refractivity (Wildman–Crippen MR) is 134 cm³/mol. The summed E-state index contributed by atoms with van der Waals surface area (Å²) < 4.78 is 7.09. The molecule has 3 rings (SSSR count). The van der Waals surface area contributed by atoms with Crippen molar-refractivity contribution in [3.8, 4) is 11.6 Å². The molecular formula is C27H33IN4O4. The maximum absolute atomic E-state index is 12.6. The lowest BCUT2D eigenvalue weighted by Gasteiger charge is -2.07. The molecule has 0 atom stereocenters. The van der Waals surface area contributed by atoms with E-state index in [1.165, 1.54) is 25.7 Å². The van der Waals surface area contributed by atoms with Gasteiger partial charge in [-0.3, -0.25) is 9.78 Å². The van der Waals surface area contributed by atoms with Crippen molar-refractivity contribution in [2.45, 2.75) is 58.8 Å². The fraction of sp³-hybridized carbons (Fsp3) is 0.370. The Kier molecular flexibility index (Phi) is 12.2. The number of aromatic nitrogens is 2. The molecule has 0 fully saturated rings. The molecule has 3 aromatic rings. The molecule has 192 valence electrons. The number of aromatic hydroxyl groups is 1. The fourth-order valence-electron chi connectivity index (χ4n) is 3.81. The first-order valence-electron chi connectivity index (χ1n) is 12.1. The van der Waals surface area contributed by atoms with Crippen LogP contribution in [0, 0.1) is 6.92 Å². The van der Waals surface area contributed by atoms with Gasteiger partial charge in [0.25, 0.3) is 5.69 Å². The number of halogens is 1. The lowest BCUT2D eigenvalue weighted by atomic mass is 10.1. The lowest BCUT2D eigenvalue weighted by Crippen LogP contribution is -3.00. The molecule has 0 unspecified atom stereocenters. The molecule has 0 bridgehead atoms. The number of nitrogens with zero attached hydrogens (tertiary/aromatic N) is 3. The molecule has 0 aliphatic heterocycles. The quantitative estimate of drug-likeness (QED) is 0.109. The standard InChI is InChI=1S/C27H32N4O4.HI/c1-3-4-5-6-7-8-14-19-35-27(34)21-15-10-11-16-22(21)29-30-23-20(2)24(26(33)28-25(23)32)31-17-12-9-13-18-31;/h9-13,15-18H,3-8,14,19H2,1-2H3,(H-,28,29,32,33,34);1H. The Labute approximate surface area is 228 Å². The van der Waals surface area contributed by atoms with Gasteiger partial charge in [-0.2, -0.15) is 4.57 Å². The number of unbranched alkanes of at least 4 members (excludes halogenated alkanes) is 6. The third-order valence-electron chi connectivity index (χ3n) is 5.72. The maximum Gasteiger partial charge on any atom is 0.340 e. The Morgan fingerprint density at radius 2 is 1.64 bits per heavy atom. The number of carbonyl (C=O) groups excluding carboxylic acids is 1. The Balaban J connectivity index is 0.00000456. The van der Waals surface area contributed by atoms with E-state index in [2.05, 4.69) is 22.1 Å². The summed E-state index contributed by atoms with van der Waals surface area (Å²) >= 11 is 0. The molecule has 0 aliphatic rings. The van der Waals surface area contributed by atoms with E-state index in [4.69, 9.17) is 4.74 Å². The van der Waals surface area contributed by atoms with Crippen molar-refractivity contribution in [1.29, 1.82) is 0 Å². The summed E-state index contributed by atoms with van der Waals surface area (Å²) in [7, 11) is 0. The first-order chi connectivity index (χ1) is 17.0. The van der Waals surface area contributed by atoms with Crippen LogP contribution in [0.25, 0.3) is 5.69 Å². The summed E-state index contributed by atoms with van der Waals surface area (Å²) in [5.74, 6) is -0.857. The van der Waals surface area contributed by atoms with E-state index in [0.717, 1.165) is 19.3 Å². The van der Waals surface area contributed by atoms with Gasteiger partial charge in [-0.25, -0.2) is 4.79 Å². The van der Waals surface area contributed by atoms with Crippen LogP contribution < -0.4 is 34.1 Å². The van der Waals surface area contributed by atoms with Gasteiger partial charge in [-0.15, -0.1) is 10.2 Å². The number of nitrogens with one attached hydrogen (secondary N) is 1. The normalized spacial score (nSPS) is 10.8. The second kappa shape index (κ2) is 15.1. The minimum Gasteiger partial charge on any atom is -1.00 e. The van der Waals surface area contributed by atoms with E-state index >= 15 is 0 Å². The summed E-state index contributed by atoms with van der Waals surface area (Å²) in [5, 5.41) is 18.7. The topological polar surface area (TPSA) is 108 Å². The van der Waals surface area contributed by atoms with E-state index in [-0.39, 0.29) is 29.7 Å². The number of hydrogen-bond donors (Lipinski definition) is 2. The zero-order valence-corrected chi connectivity index (χ0v) is 22.9. The van der Waals surface area contributed by atoms with Gasteiger partial charge >= 0.3 is 11.5 Å². The number of azo groups is 1. The van der Waals surface area contributed by atoms with E-state index in [1.807, 2.05) is 6.07 Å². The molecule has 0 saturated heterocycles. The van der Waals surface area contributed by atoms with Gasteiger partial charge in [0, 0.05) is 12.1 Å². The molecule has 2 aromatic heterocycles. The molecule has 0 amide bonds. The zero-order chi connectivity index (χ0) is 25.0. The van der Waals surface area contributed by atoms with Crippen molar-refractivity contribution in [3.05, 3.63) is 76.3 Å². The van der Waals surface area contributed by atoms with Crippen LogP contribution in [-0.2, 0) is 4.74 Å². The van der Waals surface area contributed by atoms with Gasteiger partial charge in [-0.05, 0) is 25.5 Å². The molecule has 1 aromatic carbocycles. The van der Waals surface area contributed by atoms with Crippen molar-refractivity contribution in [3.63, 3.8) is 0 Å². The molecule has 2 heterocycles. The Bertz CT molecular complexity index is 1210. The highest BCUT2D eigenvalue weighted by Gasteiger charge is 2.22. The Morgan fingerprint density at radius 1 is 0.972 bits per heavy atom. The first kappa shape index (κ1) is 29.2. The Morgan fingerprint density at radius 3 is 2.36 bits per heavy atom. The van der Waals surface area contributed by atoms with E-state index in [1.54, 1.807) is 60.3 Å². The highest BCUT2D eigenvalue weighted by atomic mass is 127. The lowest BCUT2D eigenvalue weighted by molar-refractivity contribution is -0.597. The second-order valence-corrected chi connectivity index (χ2v) is 8.38. The predicted octanol–water partition coefficient (Wildman–Crippen LogP) is 2.99. The van der Waals surface area contributed by atoms with Crippen molar-refractivity contribution in [2.75, 3.05) is 6.61 Å². The molecule has 0 spiro atoms. The van der Waals surface area contributed by atoms with Crippen molar-refractivity contribution in [2.24, 2.45) is 10.2 Å². The number of benzene rings is 1. The Hall–Kier alpha value is -3.08. The summed E-state index contributed by atoms with van der Waals surface area (Å²) in [6.07, 6.45) is 11.4. The number of ether oxygens (including phenoxy) is 1. The summed E-state index contributed by atoms with van der Waals surface area (Å²) in [6, 6.07) is 12.2. The third-order valence-corrected chi connectivity index (χ3v) is 5.72.